The summed E-state index contributed by atoms with van der Waals surface area (Å²) in [6.07, 6.45) is 2.63. The van der Waals surface area contributed by atoms with Gasteiger partial charge in [-0.05, 0) is 12.1 Å². The maximum atomic E-state index is 11.4. The van der Waals surface area contributed by atoms with Crippen LogP contribution in [0.25, 0.3) is 11.3 Å². The largest absolute Gasteiger partial charge is 0.464 e. The summed E-state index contributed by atoms with van der Waals surface area (Å²) in [4.78, 5) is 26.1. The first-order chi connectivity index (χ1) is 8.13. The zero-order valence-corrected chi connectivity index (χ0v) is 8.66. The summed E-state index contributed by atoms with van der Waals surface area (Å²) < 4.78 is 5.79. The molecule has 0 amide bonds. The van der Waals surface area contributed by atoms with Crippen LogP contribution in [0.2, 0.25) is 0 Å². The van der Waals surface area contributed by atoms with Gasteiger partial charge in [0.05, 0.1) is 11.8 Å². The Kier molecular flexibility index (Phi) is 2.75. The lowest BCUT2D eigenvalue weighted by atomic mass is 10.2. The SMILES string of the molecule is Nc1nc(=O)n(C(=O)CO)cc1-c1ccco1. The summed E-state index contributed by atoms with van der Waals surface area (Å²) in [5.41, 5.74) is 5.04. The van der Waals surface area contributed by atoms with Gasteiger partial charge in [-0.15, -0.1) is 0 Å². The van der Waals surface area contributed by atoms with Gasteiger partial charge in [-0.2, -0.15) is 4.98 Å². The number of nitrogens with two attached hydrogens (primary N) is 1. The average molecular weight is 235 g/mol. The number of nitrogens with zero attached hydrogens (tertiary/aromatic N) is 2. The Morgan fingerprint density at radius 2 is 2.35 bits per heavy atom. The molecule has 0 radical (unpaired) electrons. The lowest BCUT2D eigenvalue weighted by Gasteiger charge is -2.05. The van der Waals surface area contributed by atoms with Crippen LogP contribution < -0.4 is 11.4 Å². The first kappa shape index (κ1) is 11.1. The predicted molar refractivity (Wildman–Crippen MR) is 58.3 cm³/mol. The van der Waals surface area contributed by atoms with Gasteiger partial charge in [-0.1, -0.05) is 0 Å². The van der Waals surface area contributed by atoms with Gasteiger partial charge in [0.25, 0.3) is 5.91 Å². The number of nitrogen functional groups attached to an aromatic ring is 1. The van der Waals surface area contributed by atoms with E-state index in [0.717, 1.165) is 0 Å². The normalized spacial score (nSPS) is 10.4. The van der Waals surface area contributed by atoms with Crippen molar-refractivity contribution in [1.82, 2.24) is 9.55 Å². The molecule has 2 aromatic heterocycles. The van der Waals surface area contributed by atoms with Crippen LogP contribution in [0.15, 0.2) is 33.8 Å². The molecular formula is C10H9N3O4. The summed E-state index contributed by atoms with van der Waals surface area (Å²) >= 11 is 0. The number of carbonyl (C=O) groups is 1. The quantitative estimate of drug-likeness (QED) is 0.740. The summed E-state index contributed by atoms with van der Waals surface area (Å²) in [6, 6.07) is 3.25. The zero-order chi connectivity index (χ0) is 12.4. The van der Waals surface area contributed by atoms with Crippen molar-refractivity contribution in [3.05, 3.63) is 35.1 Å². The Morgan fingerprint density at radius 1 is 1.59 bits per heavy atom. The monoisotopic (exact) mass is 235 g/mol. The van der Waals surface area contributed by atoms with Crippen LogP contribution in [-0.2, 0) is 0 Å². The molecule has 0 bridgehead atoms. The molecule has 7 heteroatoms. The lowest BCUT2D eigenvalue weighted by Crippen LogP contribution is -2.31. The highest BCUT2D eigenvalue weighted by molar-refractivity contribution is 5.81. The predicted octanol–water partition coefficient (Wildman–Crippen LogP) is -0.282. The highest BCUT2D eigenvalue weighted by Gasteiger charge is 2.13. The number of aliphatic hydroxyl groups is 1. The van der Waals surface area contributed by atoms with Gasteiger partial charge >= 0.3 is 5.69 Å². The number of rotatable bonds is 2. The molecule has 2 aromatic rings. The molecule has 0 saturated carbocycles. The van der Waals surface area contributed by atoms with Crippen LogP contribution >= 0.6 is 0 Å². The average Bonchev–Trinajstić information content (AvgIpc) is 2.81. The molecule has 88 valence electrons. The Morgan fingerprint density at radius 3 is 2.94 bits per heavy atom. The molecule has 0 unspecified atom stereocenters. The molecule has 0 saturated heterocycles. The molecule has 7 nitrogen and oxygen atoms in total. The molecule has 0 aliphatic rings. The highest BCUT2D eigenvalue weighted by Crippen LogP contribution is 2.22. The van der Waals surface area contributed by atoms with Crippen molar-refractivity contribution in [2.45, 2.75) is 0 Å². The number of aromatic nitrogens is 2. The molecule has 17 heavy (non-hydrogen) atoms. The van der Waals surface area contributed by atoms with E-state index in [1.54, 1.807) is 12.1 Å². The Balaban J connectivity index is 2.62. The van der Waals surface area contributed by atoms with E-state index in [4.69, 9.17) is 15.3 Å². The number of furan rings is 1. The molecule has 0 aromatic carbocycles. The molecular weight excluding hydrogens is 226 g/mol. The number of carbonyl (C=O) groups excluding carboxylic acids is 1. The second kappa shape index (κ2) is 4.22. The van der Waals surface area contributed by atoms with Crippen molar-refractivity contribution in [3.63, 3.8) is 0 Å². The fourth-order valence-corrected chi connectivity index (χ4v) is 1.34. The van der Waals surface area contributed by atoms with E-state index in [1.165, 1.54) is 12.5 Å². The van der Waals surface area contributed by atoms with Crippen molar-refractivity contribution in [2.24, 2.45) is 0 Å². The molecule has 0 spiro atoms. The first-order valence-corrected chi connectivity index (χ1v) is 4.70. The molecule has 2 rings (SSSR count). The Bertz CT molecular complexity index is 601. The van der Waals surface area contributed by atoms with Crippen LogP contribution in [0.4, 0.5) is 5.82 Å². The summed E-state index contributed by atoms with van der Waals surface area (Å²) in [6.45, 7) is -0.789. The van der Waals surface area contributed by atoms with Gasteiger partial charge in [0, 0.05) is 6.20 Å². The van der Waals surface area contributed by atoms with Gasteiger partial charge in [0.1, 0.15) is 18.2 Å². The number of aliphatic hydroxyl groups excluding tert-OH is 1. The van der Waals surface area contributed by atoms with Gasteiger partial charge in [0.15, 0.2) is 0 Å². The summed E-state index contributed by atoms with van der Waals surface area (Å²) in [7, 11) is 0. The van der Waals surface area contributed by atoms with Crippen LogP contribution in [0.5, 0.6) is 0 Å². The lowest BCUT2D eigenvalue weighted by molar-refractivity contribution is 0.0812. The molecule has 0 fully saturated rings. The molecule has 3 N–H and O–H groups in total. The van der Waals surface area contributed by atoms with Gasteiger partial charge < -0.3 is 15.3 Å². The minimum absolute atomic E-state index is 0.0352. The first-order valence-electron chi connectivity index (χ1n) is 4.70. The fraction of sp³-hybridized carbons (Fsp3) is 0.100. The summed E-state index contributed by atoms with van der Waals surface area (Å²) in [5, 5.41) is 8.71. The van der Waals surface area contributed by atoms with Crippen LogP contribution in [0.1, 0.15) is 4.79 Å². The maximum absolute atomic E-state index is 11.4. The van der Waals surface area contributed by atoms with Crippen LogP contribution in [-0.4, -0.2) is 27.2 Å². The minimum atomic E-state index is -0.836. The minimum Gasteiger partial charge on any atom is -0.464 e. The third-order valence-corrected chi connectivity index (χ3v) is 2.15. The fourth-order valence-electron chi connectivity index (χ4n) is 1.34. The van der Waals surface area contributed by atoms with Gasteiger partial charge in [-0.3, -0.25) is 4.79 Å². The van der Waals surface area contributed by atoms with E-state index in [-0.39, 0.29) is 5.82 Å². The number of anilines is 1. The van der Waals surface area contributed by atoms with Crippen molar-refractivity contribution in [2.75, 3.05) is 12.3 Å². The second-order valence-corrected chi connectivity index (χ2v) is 3.22. The topological polar surface area (TPSA) is 111 Å². The van der Waals surface area contributed by atoms with Crippen molar-refractivity contribution in [3.8, 4) is 11.3 Å². The number of hydrogen-bond acceptors (Lipinski definition) is 6. The Labute approximate surface area is 95.1 Å². The molecule has 0 aliphatic heterocycles. The highest BCUT2D eigenvalue weighted by atomic mass is 16.3. The van der Waals surface area contributed by atoms with E-state index >= 15 is 0 Å². The van der Waals surface area contributed by atoms with Gasteiger partial charge in [-0.25, -0.2) is 9.36 Å². The van der Waals surface area contributed by atoms with Crippen LogP contribution in [0.3, 0.4) is 0 Å². The molecule has 0 atom stereocenters. The van der Waals surface area contributed by atoms with Gasteiger partial charge in [0.2, 0.25) is 0 Å². The summed E-state index contributed by atoms with van der Waals surface area (Å²) in [5.74, 6) is -0.434. The molecule has 2 heterocycles. The van der Waals surface area contributed by atoms with Crippen molar-refractivity contribution in [1.29, 1.82) is 0 Å². The van der Waals surface area contributed by atoms with Crippen molar-refractivity contribution < 1.29 is 14.3 Å². The van der Waals surface area contributed by atoms with E-state index in [0.29, 0.717) is 15.9 Å². The molecule has 0 aliphatic carbocycles. The van der Waals surface area contributed by atoms with E-state index in [9.17, 15) is 9.59 Å². The van der Waals surface area contributed by atoms with E-state index in [2.05, 4.69) is 4.98 Å². The van der Waals surface area contributed by atoms with Crippen LogP contribution in [0, 0.1) is 0 Å². The Hall–Kier alpha value is -2.41. The third-order valence-electron chi connectivity index (χ3n) is 2.15. The van der Waals surface area contributed by atoms with E-state index < -0.39 is 18.2 Å². The zero-order valence-electron chi connectivity index (χ0n) is 8.66. The second-order valence-electron chi connectivity index (χ2n) is 3.22. The maximum Gasteiger partial charge on any atom is 0.356 e. The van der Waals surface area contributed by atoms with E-state index in [1.807, 2.05) is 0 Å². The third kappa shape index (κ3) is 1.95. The standard InChI is InChI=1S/C10H9N3O4/c11-9-6(7-2-1-3-17-7)4-13(8(15)5-14)10(16)12-9/h1-4,14H,5H2,(H2,11,12,16). The van der Waals surface area contributed by atoms with Crippen molar-refractivity contribution >= 4 is 11.7 Å². The smallest absolute Gasteiger partial charge is 0.356 e. The number of hydrogen-bond donors (Lipinski definition) is 2.